The highest BCUT2D eigenvalue weighted by Gasteiger charge is 2.36. The Kier molecular flexibility index (Phi) is 3.87. The Morgan fingerprint density at radius 3 is 1.75 bits per heavy atom. The lowest BCUT2D eigenvalue weighted by Crippen LogP contribution is -2.15. The maximum Gasteiger partial charge on any atom is 0.416 e. The van der Waals surface area contributed by atoms with Gasteiger partial charge in [0.15, 0.2) is 0 Å². The van der Waals surface area contributed by atoms with Crippen LogP contribution >= 0.6 is 8.58 Å². The Hall–Kier alpha value is -1.42. The monoisotopic (exact) mass is 309 g/mol. The van der Waals surface area contributed by atoms with Crippen LogP contribution in [0.4, 0.5) is 26.3 Å². The second-order valence-corrected chi connectivity index (χ2v) is 5.50. The normalized spacial score (nSPS) is 13.3. The molecule has 2 rings (SSSR count). The van der Waals surface area contributed by atoms with Gasteiger partial charge in [-0.15, -0.1) is 8.58 Å². The molecule has 0 bridgehead atoms. The fourth-order valence-corrected chi connectivity index (χ4v) is 2.80. The minimum Gasteiger partial charge on any atom is -0.206 e. The largest absolute Gasteiger partial charge is 0.416 e. The zero-order valence-electron chi connectivity index (χ0n) is 9.81. The van der Waals surface area contributed by atoms with E-state index in [2.05, 4.69) is 0 Å². The Balaban J connectivity index is 2.46. The molecule has 0 saturated heterocycles. The van der Waals surface area contributed by atoms with E-state index in [4.69, 9.17) is 0 Å². The van der Waals surface area contributed by atoms with Crippen LogP contribution in [-0.2, 0) is 12.4 Å². The van der Waals surface area contributed by atoms with Crippen molar-refractivity contribution in [3.63, 3.8) is 0 Å². The number of alkyl halides is 6. The summed E-state index contributed by atoms with van der Waals surface area (Å²) in [5.74, 6) is 0. The molecule has 0 amide bonds. The van der Waals surface area contributed by atoms with Crippen molar-refractivity contribution in [2.45, 2.75) is 12.4 Å². The summed E-state index contributed by atoms with van der Waals surface area (Å²) >= 11 is 0. The van der Waals surface area contributed by atoms with E-state index in [1.807, 2.05) is 0 Å². The van der Waals surface area contributed by atoms with Gasteiger partial charge in [-0.25, -0.2) is 6.07 Å². The average Bonchev–Trinajstić information content (AvgIpc) is 2.79. The van der Waals surface area contributed by atoms with Crippen molar-refractivity contribution < 1.29 is 26.3 Å². The zero-order chi connectivity index (χ0) is 15.0. The second kappa shape index (κ2) is 5.17. The lowest BCUT2D eigenvalue weighted by molar-refractivity contribution is -0.142. The molecular formula is C13H8F6P-. The Morgan fingerprint density at radius 2 is 1.35 bits per heavy atom. The van der Waals surface area contributed by atoms with Gasteiger partial charge in [-0.2, -0.15) is 49.8 Å². The van der Waals surface area contributed by atoms with Crippen LogP contribution < -0.4 is 10.6 Å². The minimum absolute atomic E-state index is 0.0124. The lowest BCUT2D eigenvalue weighted by atomic mass is 10.1. The van der Waals surface area contributed by atoms with Crippen LogP contribution in [-0.4, -0.2) is 0 Å². The van der Waals surface area contributed by atoms with Crippen molar-refractivity contribution in [2.75, 3.05) is 0 Å². The van der Waals surface area contributed by atoms with Gasteiger partial charge in [0.1, 0.15) is 0 Å². The number of hydrogen-bond acceptors (Lipinski definition) is 0. The van der Waals surface area contributed by atoms with Crippen molar-refractivity contribution in [3.05, 3.63) is 53.6 Å². The van der Waals surface area contributed by atoms with Crippen LogP contribution in [0.1, 0.15) is 11.1 Å². The average molecular weight is 309 g/mol. The van der Waals surface area contributed by atoms with Crippen molar-refractivity contribution >= 4 is 19.2 Å². The topological polar surface area (TPSA) is 0 Å². The summed E-state index contributed by atoms with van der Waals surface area (Å²) < 4.78 is 75.9. The summed E-state index contributed by atoms with van der Waals surface area (Å²) in [6.45, 7) is 0. The molecule has 0 aliphatic rings. The molecule has 0 heterocycles. The van der Waals surface area contributed by atoms with Gasteiger partial charge in [-0.05, 0) is 23.5 Å². The van der Waals surface area contributed by atoms with Crippen molar-refractivity contribution in [3.8, 4) is 0 Å². The van der Waals surface area contributed by atoms with Crippen molar-refractivity contribution in [1.29, 1.82) is 0 Å². The lowest BCUT2D eigenvalue weighted by Gasteiger charge is -2.15. The van der Waals surface area contributed by atoms with E-state index in [0.29, 0.717) is 5.30 Å². The molecule has 108 valence electrons. The van der Waals surface area contributed by atoms with Gasteiger partial charge in [-0.1, -0.05) is 0 Å². The van der Waals surface area contributed by atoms with E-state index in [1.165, 1.54) is 0 Å². The molecule has 20 heavy (non-hydrogen) atoms. The summed E-state index contributed by atoms with van der Waals surface area (Å²) in [6, 6.07) is 8.35. The maximum absolute atomic E-state index is 12.7. The first-order valence-corrected chi connectivity index (χ1v) is 6.44. The van der Waals surface area contributed by atoms with E-state index in [-0.39, 0.29) is 20.0 Å². The third-order valence-corrected chi connectivity index (χ3v) is 3.74. The van der Waals surface area contributed by atoms with Crippen LogP contribution in [0.3, 0.4) is 0 Å². The standard InChI is InChI=1S/C13H8F6P/c14-12(15,16)8-5-9(13(17,18)19)7-11(6-8)20-10-3-1-2-4-10/h1-7,20H/q-1. The molecule has 2 aromatic carbocycles. The number of hydrogen-bond donors (Lipinski definition) is 0. The number of halogens is 6. The number of rotatable bonds is 2. The smallest absolute Gasteiger partial charge is 0.206 e. The molecule has 0 spiro atoms. The summed E-state index contributed by atoms with van der Waals surface area (Å²) in [5, 5.41) is 0.704. The molecule has 0 N–H and O–H groups in total. The SMILES string of the molecule is FC(F)(F)c1cc(Pc2cc[cH-]c2)cc(C(F)(F)F)c1. The summed E-state index contributed by atoms with van der Waals surface area (Å²) in [5.41, 5.74) is -2.55. The van der Waals surface area contributed by atoms with Crippen LogP contribution in [0, 0.1) is 0 Å². The molecule has 0 radical (unpaired) electrons. The highest BCUT2D eigenvalue weighted by atomic mass is 31.1. The van der Waals surface area contributed by atoms with E-state index in [0.717, 1.165) is 12.1 Å². The third kappa shape index (κ3) is 3.57. The molecule has 0 fully saturated rings. The van der Waals surface area contributed by atoms with E-state index >= 15 is 0 Å². The molecule has 0 nitrogen and oxygen atoms in total. The molecular weight excluding hydrogens is 301 g/mol. The molecule has 0 aliphatic carbocycles. The predicted molar refractivity (Wildman–Crippen MR) is 66.1 cm³/mol. The Labute approximate surface area is 112 Å². The van der Waals surface area contributed by atoms with Crippen molar-refractivity contribution in [2.24, 2.45) is 0 Å². The molecule has 0 aliphatic heterocycles. The van der Waals surface area contributed by atoms with Gasteiger partial charge in [0, 0.05) is 0 Å². The molecule has 7 heteroatoms. The molecule has 2 aromatic rings. The van der Waals surface area contributed by atoms with Gasteiger partial charge in [-0.3, -0.25) is 0 Å². The van der Waals surface area contributed by atoms with Crippen LogP contribution in [0.5, 0.6) is 0 Å². The zero-order valence-corrected chi connectivity index (χ0v) is 10.8. The van der Waals surface area contributed by atoms with E-state index in [9.17, 15) is 26.3 Å². The molecule has 1 unspecified atom stereocenters. The second-order valence-electron chi connectivity index (χ2n) is 4.09. The fourth-order valence-electron chi connectivity index (χ4n) is 1.65. The quantitative estimate of drug-likeness (QED) is 0.446. The van der Waals surface area contributed by atoms with Crippen LogP contribution in [0.15, 0.2) is 42.5 Å². The highest BCUT2D eigenvalue weighted by Crippen LogP contribution is 2.35. The first kappa shape index (κ1) is 15.0. The third-order valence-electron chi connectivity index (χ3n) is 2.54. The van der Waals surface area contributed by atoms with Crippen LogP contribution in [0.25, 0.3) is 0 Å². The summed E-state index contributed by atoms with van der Waals surface area (Å²) in [4.78, 5) is 0. The fraction of sp³-hybridized carbons (Fsp3) is 0.154. The van der Waals surface area contributed by atoms with Crippen LogP contribution in [0.2, 0.25) is 0 Å². The van der Waals surface area contributed by atoms with E-state index in [1.54, 1.807) is 24.3 Å². The maximum atomic E-state index is 12.7. The Bertz CT molecular complexity index is 548. The van der Waals surface area contributed by atoms with Gasteiger partial charge in [0.25, 0.3) is 0 Å². The molecule has 0 saturated carbocycles. The summed E-state index contributed by atoms with van der Waals surface area (Å²) in [6.07, 6.45) is -9.60. The van der Waals surface area contributed by atoms with Gasteiger partial charge < -0.3 is 0 Å². The molecule has 0 aromatic heterocycles. The number of benzene rings is 1. The first-order valence-electron chi connectivity index (χ1n) is 5.44. The highest BCUT2D eigenvalue weighted by molar-refractivity contribution is 7.55. The summed E-state index contributed by atoms with van der Waals surface area (Å²) in [7, 11) is -0.248. The first-order chi connectivity index (χ1) is 9.16. The Morgan fingerprint density at radius 1 is 0.800 bits per heavy atom. The van der Waals surface area contributed by atoms with Gasteiger partial charge in [0.05, 0.1) is 11.1 Å². The predicted octanol–water partition coefficient (Wildman–Crippen LogP) is 4.07. The minimum atomic E-state index is -4.80. The van der Waals surface area contributed by atoms with E-state index < -0.39 is 23.5 Å². The molecule has 1 atom stereocenters. The van der Waals surface area contributed by atoms with Gasteiger partial charge >= 0.3 is 12.4 Å². The van der Waals surface area contributed by atoms with Crippen molar-refractivity contribution in [1.82, 2.24) is 0 Å². The van der Waals surface area contributed by atoms with Gasteiger partial charge in [0.2, 0.25) is 0 Å².